The summed E-state index contributed by atoms with van der Waals surface area (Å²) in [7, 11) is 0. The smallest absolute Gasteiger partial charge is 0.251 e. The first-order valence-corrected chi connectivity index (χ1v) is 7.89. The van der Waals surface area contributed by atoms with Crippen LogP contribution in [0.25, 0.3) is 0 Å². The summed E-state index contributed by atoms with van der Waals surface area (Å²) in [4.78, 5) is 23.2. The number of aryl methyl sites for hydroxylation is 1. The first-order valence-electron chi connectivity index (χ1n) is 7.16. The van der Waals surface area contributed by atoms with Crippen molar-refractivity contribution in [1.29, 1.82) is 0 Å². The number of ether oxygens (including phenoxy) is 1. The lowest BCUT2D eigenvalue weighted by atomic mass is 10.2. The van der Waals surface area contributed by atoms with Crippen LogP contribution in [-0.2, 0) is 11.4 Å². The summed E-state index contributed by atoms with van der Waals surface area (Å²) in [5, 5.41) is 5.17. The van der Waals surface area contributed by atoms with Crippen molar-refractivity contribution in [1.82, 2.24) is 19.4 Å². The Morgan fingerprint density at radius 3 is 2.52 bits per heavy atom. The highest BCUT2D eigenvalue weighted by atomic mass is 32.1. The molecular formula is C15H18N4O3S. The minimum atomic E-state index is -0.303. The van der Waals surface area contributed by atoms with Crippen LogP contribution in [0.1, 0.15) is 28.7 Å². The number of nitrogens with one attached hydrogen (secondary N) is 2. The van der Waals surface area contributed by atoms with Gasteiger partial charge in [-0.2, -0.15) is 8.75 Å². The summed E-state index contributed by atoms with van der Waals surface area (Å²) < 4.78 is 13.8. The molecule has 0 fully saturated rings. The normalized spacial score (nSPS) is 10.2. The van der Waals surface area contributed by atoms with Crippen molar-refractivity contribution in [2.75, 3.05) is 13.1 Å². The average Bonchev–Trinajstić information content (AvgIpc) is 2.96. The molecule has 0 aliphatic heterocycles. The molecule has 0 aliphatic rings. The minimum absolute atomic E-state index is 0.0406. The van der Waals surface area contributed by atoms with E-state index in [1.54, 1.807) is 24.3 Å². The van der Waals surface area contributed by atoms with E-state index in [0.717, 1.165) is 23.1 Å². The lowest BCUT2D eigenvalue weighted by molar-refractivity contribution is -0.120. The second kappa shape index (κ2) is 8.23. The monoisotopic (exact) mass is 334 g/mol. The van der Waals surface area contributed by atoms with Gasteiger partial charge in [0.2, 0.25) is 5.91 Å². The molecule has 122 valence electrons. The number of rotatable bonds is 7. The van der Waals surface area contributed by atoms with Crippen LogP contribution in [0.15, 0.2) is 24.3 Å². The predicted molar refractivity (Wildman–Crippen MR) is 86.4 cm³/mol. The third kappa shape index (κ3) is 5.03. The molecule has 1 aromatic heterocycles. The van der Waals surface area contributed by atoms with Crippen LogP contribution < -0.4 is 15.4 Å². The molecule has 0 bridgehead atoms. The van der Waals surface area contributed by atoms with Crippen molar-refractivity contribution in [2.24, 2.45) is 0 Å². The van der Waals surface area contributed by atoms with E-state index in [-0.39, 0.29) is 18.4 Å². The molecule has 0 spiro atoms. The number of aromatic nitrogens is 2. The van der Waals surface area contributed by atoms with Gasteiger partial charge in [-0.05, 0) is 38.1 Å². The van der Waals surface area contributed by atoms with Gasteiger partial charge in [0.1, 0.15) is 18.1 Å². The first kappa shape index (κ1) is 16.9. The number of carbonyl (C=O) groups is 2. The summed E-state index contributed by atoms with van der Waals surface area (Å²) in [6.07, 6.45) is 0. The van der Waals surface area contributed by atoms with E-state index < -0.39 is 0 Å². The van der Waals surface area contributed by atoms with Gasteiger partial charge < -0.3 is 15.4 Å². The van der Waals surface area contributed by atoms with E-state index in [2.05, 4.69) is 19.4 Å². The van der Waals surface area contributed by atoms with Gasteiger partial charge in [-0.1, -0.05) is 0 Å². The second-order valence-corrected chi connectivity index (χ2v) is 5.27. The van der Waals surface area contributed by atoms with Gasteiger partial charge in [-0.15, -0.1) is 0 Å². The highest BCUT2D eigenvalue weighted by molar-refractivity contribution is 6.99. The van der Waals surface area contributed by atoms with Crippen LogP contribution in [0.2, 0.25) is 0 Å². The molecule has 2 N–H and O–H groups in total. The molecule has 0 aliphatic carbocycles. The highest BCUT2D eigenvalue weighted by Gasteiger charge is 2.08. The third-order valence-electron chi connectivity index (χ3n) is 3.02. The SMILES string of the molecule is CCNC(=O)CNC(=O)c1ccc(OCc2nsnc2C)cc1. The van der Waals surface area contributed by atoms with Crippen LogP contribution in [-0.4, -0.2) is 33.7 Å². The fourth-order valence-corrected chi connectivity index (χ4v) is 2.31. The van der Waals surface area contributed by atoms with E-state index in [1.807, 2.05) is 13.8 Å². The summed E-state index contributed by atoms with van der Waals surface area (Å²) in [5.74, 6) is 0.119. The molecule has 8 heteroatoms. The molecule has 7 nitrogen and oxygen atoms in total. The number of likely N-dealkylation sites (N-methyl/N-ethyl adjacent to an activating group) is 1. The quantitative estimate of drug-likeness (QED) is 0.796. The van der Waals surface area contributed by atoms with E-state index in [4.69, 9.17) is 4.74 Å². The van der Waals surface area contributed by atoms with Gasteiger partial charge in [0.05, 0.1) is 24.0 Å². The Bertz CT molecular complexity index is 670. The fraction of sp³-hybridized carbons (Fsp3) is 0.333. The Morgan fingerprint density at radius 2 is 1.91 bits per heavy atom. The van der Waals surface area contributed by atoms with Crippen molar-refractivity contribution >= 4 is 23.5 Å². The van der Waals surface area contributed by atoms with Crippen molar-refractivity contribution in [3.63, 3.8) is 0 Å². The predicted octanol–water partition coefficient (Wildman–Crippen LogP) is 1.29. The fourth-order valence-electron chi connectivity index (χ4n) is 1.76. The maximum atomic E-state index is 11.9. The van der Waals surface area contributed by atoms with Gasteiger partial charge in [-0.25, -0.2) is 0 Å². The van der Waals surface area contributed by atoms with Crippen LogP contribution in [0.4, 0.5) is 0 Å². The van der Waals surface area contributed by atoms with Gasteiger partial charge >= 0.3 is 0 Å². The van der Waals surface area contributed by atoms with Crippen LogP contribution in [0.3, 0.4) is 0 Å². The molecule has 0 saturated carbocycles. The lowest BCUT2D eigenvalue weighted by Crippen LogP contribution is -2.36. The summed E-state index contributed by atoms with van der Waals surface area (Å²) in [6.45, 7) is 4.53. The van der Waals surface area contributed by atoms with Gasteiger partial charge in [-0.3, -0.25) is 9.59 Å². The Kier molecular flexibility index (Phi) is 6.04. The molecular weight excluding hydrogens is 316 g/mol. The van der Waals surface area contributed by atoms with Crippen molar-refractivity contribution in [3.8, 4) is 5.75 Å². The van der Waals surface area contributed by atoms with Crippen molar-refractivity contribution < 1.29 is 14.3 Å². The summed E-state index contributed by atoms with van der Waals surface area (Å²) >= 11 is 1.15. The number of nitrogens with zero attached hydrogens (tertiary/aromatic N) is 2. The van der Waals surface area contributed by atoms with Crippen LogP contribution in [0.5, 0.6) is 5.75 Å². The van der Waals surface area contributed by atoms with Crippen LogP contribution >= 0.6 is 11.7 Å². The van der Waals surface area contributed by atoms with E-state index in [0.29, 0.717) is 24.5 Å². The number of amides is 2. The van der Waals surface area contributed by atoms with E-state index in [9.17, 15) is 9.59 Å². The molecule has 2 amide bonds. The Morgan fingerprint density at radius 1 is 1.17 bits per heavy atom. The second-order valence-electron chi connectivity index (χ2n) is 4.75. The minimum Gasteiger partial charge on any atom is -0.487 e. The Balaban J connectivity index is 1.85. The number of hydrogen-bond acceptors (Lipinski definition) is 6. The molecule has 0 saturated heterocycles. The summed E-state index contributed by atoms with van der Waals surface area (Å²) in [6, 6.07) is 6.70. The molecule has 0 radical (unpaired) electrons. The van der Waals surface area contributed by atoms with Gasteiger partial charge in [0.15, 0.2) is 0 Å². The summed E-state index contributed by atoms with van der Waals surface area (Å²) in [5.41, 5.74) is 2.13. The molecule has 0 atom stereocenters. The number of hydrogen-bond donors (Lipinski definition) is 2. The van der Waals surface area contributed by atoms with E-state index in [1.165, 1.54) is 0 Å². The Hall–Kier alpha value is -2.48. The standard InChI is InChI=1S/C15H18N4O3S/c1-3-16-14(20)8-17-15(21)11-4-6-12(7-5-11)22-9-13-10(2)18-23-19-13/h4-7H,3,8-9H2,1-2H3,(H,16,20)(H,17,21). The van der Waals surface area contributed by atoms with Gasteiger partial charge in [0, 0.05) is 12.1 Å². The largest absolute Gasteiger partial charge is 0.487 e. The lowest BCUT2D eigenvalue weighted by Gasteiger charge is -2.07. The molecule has 2 aromatic rings. The molecule has 1 heterocycles. The first-order chi connectivity index (χ1) is 11.1. The van der Waals surface area contributed by atoms with Crippen molar-refractivity contribution in [3.05, 3.63) is 41.2 Å². The van der Waals surface area contributed by atoms with E-state index >= 15 is 0 Å². The third-order valence-corrected chi connectivity index (χ3v) is 3.68. The van der Waals surface area contributed by atoms with Crippen molar-refractivity contribution in [2.45, 2.75) is 20.5 Å². The topological polar surface area (TPSA) is 93.2 Å². The maximum Gasteiger partial charge on any atom is 0.251 e. The van der Waals surface area contributed by atoms with Crippen LogP contribution in [0, 0.1) is 6.92 Å². The maximum absolute atomic E-state index is 11.9. The zero-order valence-electron chi connectivity index (χ0n) is 13.0. The zero-order valence-corrected chi connectivity index (χ0v) is 13.8. The highest BCUT2D eigenvalue weighted by Crippen LogP contribution is 2.15. The number of benzene rings is 1. The van der Waals surface area contributed by atoms with Gasteiger partial charge in [0.25, 0.3) is 5.91 Å². The Labute approximate surface area is 138 Å². The average molecular weight is 334 g/mol. The molecule has 2 rings (SSSR count). The zero-order chi connectivity index (χ0) is 16.7. The molecule has 0 unspecified atom stereocenters. The number of carbonyl (C=O) groups excluding carboxylic acids is 2. The molecule has 23 heavy (non-hydrogen) atoms. The molecule has 1 aromatic carbocycles.